The Morgan fingerprint density at radius 1 is 0.591 bits per heavy atom. The summed E-state index contributed by atoms with van der Waals surface area (Å²) in [5.41, 5.74) is 7.08. The second kappa shape index (κ2) is 12.4. The van der Waals surface area contributed by atoms with Gasteiger partial charge < -0.3 is 18.5 Å². The van der Waals surface area contributed by atoms with Gasteiger partial charge >= 0.3 is 0 Å². The summed E-state index contributed by atoms with van der Waals surface area (Å²) in [4.78, 5) is 14.3. The molecule has 44 heavy (non-hydrogen) atoms. The molecule has 0 amide bonds. The molecule has 2 aromatic heterocycles. The largest absolute Gasteiger partial charge is 0.485 e. The molecule has 0 N–H and O–H groups in total. The van der Waals surface area contributed by atoms with Gasteiger partial charge in [0.25, 0.3) is 0 Å². The van der Waals surface area contributed by atoms with Gasteiger partial charge in [0.15, 0.2) is 22.9 Å². The first-order valence-corrected chi connectivity index (χ1v) is 14.4. The summed E-state index contributed by atoms with van der Waals surface area (Å²) in [6.07, 6.45) is 0. The Hall–Kier alpha value is -5.43. The molecule has 0 bridgehead atoms. The number of nitrogens with zero attached hydrogens (tertiary/aromatic N) is 2. The predicted molar refractivity (Wildman–Crippen MR) is 168 cm³/mol. The molecule has 0 atom stereocenters. The molecule has 0 aliphatic rings. The second-order valence-corrected chi connectivity index (χ2v) is 10.8. The molecular formula is C37H32N2O5. The molecule has 6 rings (SSSR count). The topological polar surface area (TPSA) is 87.6 Å². The SMILES string of the molecule is Cc1ccc(C)c(OCc2onc(C(=O)c3noc(COc4cc(C)ccc4C)c3-c3ccccc3)c2-c2ccccc2)c1. The van der Waals surface area contributed by atoms with Gasteiger partial charge in [-0.05, 0) is 73.2 Å². The van der Waals surface area contributed by atoms with Gasteiger partial charge in [0.05, 0.1) is 11.1 Å². The number of carbonyl (C=O) groups excluding carboxylic acids is 1. The molecule has 0 radical (unpaired) electrons. The Kier molecular flexibility index (Phi) is 8.10. The van der Waals surface area contributed by atoms with Crippen molar-refractivity contribution in [1.29, 1.82) is 0 Å². The average molecular weight is 585 g/mol. The molecule has 0 spiro atoms. The minimum Gasteiger partial charge on any atom is -0.485 e. The number of hydrogen-bond donors (Lipinski definition) is 0. The van der Waals surface area contributed by atoms with Gasteiger partial charge in [0.1, 0.15) is 24.7 Å². The van der Waals surface area contributed by atoms with Crippen LogP contribution in [-0.4, -0.2) is 16.1 Å². The van der Waals surface area contributed by atoms with Crippen molar-refractivity contribution in [2.45, 2.75) is 40.9 Å². The third-order valence-electron chi connectivity index (χ3n) is 7.49. The predicted octanol–water partition coefficient (Wildman–Crippen LogP) is 8.62. The van der Waals surface area contributed by atoms with Crippen LogP contribution in [0.2, 0.25) is 0 Å². The lowest BCUT2D eigenvalue weighted by Gasteiger charge is -2.10. The zero-order chi connectivity index (χ0) is 30.6. The highest BCUT2D eigenvalue weighted by atomic mass is 16.5. The number of carbonyl (C=O) groups is 1. The normalized spacial score (nSPS) is 11.0. The number of benzene rings is 4. The summed E-state index contributed by atoms with van der Waals surface area (Å²) in [5, 5.41) is 8.53. The lowest BCUT2D eigenvalue weighted by atomic mass is 9.96. The van der Waals surface area contributed by atoms with Crippen LogP contribution in [0.4, 0.5) is 0 Å². The number of hydrogen-bond acceptors (Lipinski definition) is 7. The Balaban J connectivity index is 1.39. The van der Waals surface area contributed by atoms with Gasteiger partial charge in [-0.3, -0.25) is 4.79 Å². The van der Waals surface area contributed by atoms with Gasteiger partial charge in [-0.1, -0.05) is 95.2 Å². The molecule has 7 nitrogen and oxygen atoms in total. The number of ketones is 1. The molecule has 6 aromatic rings. The standard InChI is InChI=1S/C37H32N2O5/c1-23-15-17-25(3)29(19-23)41-21-31-33(27-11-7-5-8-12-27)35(38-43-31)37(40)36-34(28-13-9-6-10-14-28)32(44-39-36)22-42-30-20-24(2)16-18-26(30)4/h5-20H,21-22H2,1-4H3. The van der Waals surface area contributed by atoms with Crippen LogP contribution in [0.25, 0.3) is 22.3 Å². The van der Waals surface area contributed by atoms with E-state index in [4.69, 9.17) is 18.5 Å². The van der Waals surface area contributed by atoms with Crippen LogP contribution in [0, 0.1) is 27.7 Å². The van der Waals surface area contributed by atoms with E-state index < -0.39 is 5.78 Å². The minimum absolute atomic E-state index is 0.0914. The van der Waals surface area contributed by atoms with E-state index in [0.29, 0.717) is 22.6 Å². The van der Waals surface area contributed by atoms with Gasteiger partial charge in [0.2, 0.25) is 5.78 Å². The van der Waals surface area contributed by atoms with Crippen molar-refractivity contribution >= 4 is 5.78 Å². The lowest BCUT2D eigenvalue weighted by Crippen LogP contribution is -2.07. The summed E-state index contributed by atoms with van der Waals surface area (Å²) in [7, 11) is 0. The Bertz CT molecular complexity index is 1780. The van der Waals surface area contributed by atoms with Crippen molar-refractivity contribution in [3.63, 3.8) is 0 Å². The van der Waals surface area contributed by atoms with Crippen molar-refractivity contribution in [1.82, 2.24) is 10.3 Å². The van der Waals surface area contributed by atoms with Gasteiger partial charge in [-0.25, -0.2) is 0 Å². The zero-order valence-corrected chi connectivity index (χ0v) is 25.1. The van der Waals surface area contributed by atoms with Crippen LogP contribution in [0.5, 0.6) is 11.5 Å². The fourth-order valence-corrected chi connectivity index (χ4v) is 5.08. The number of aryl methyl sites for hydroxylation is 4. The molecule has 4 aromatic carbocycles. The fraction of sp³-hybridized carbons (Fsp3) is 0.162. The first-order valence-electron chi connectivity index (χ1n) is 14.4. The number of ether oxygens (including phenoxy) is 2. The summed E-state index contributed by atoms with van der Waals surface area (Å²) in [5.74, 6) is 1.92. The van der Waals surface area contributed by atoms with E-state index in [0.717, 1.165) is 44.9 Å². The summed E-state index contributed by atoms with van der Waals surface area (Å²) in [6, 6.07) is 31.1. The van der Waals surface area contributed by atoms with Gasteiger partial charge in [-0.2, -0.15) is 0 Å². The highest BCUT2D eigenvalue weighted by Gasteiger charge is 2.31. The second-order valence-electron chi connectivity index (χ2n) is 10.8. The molecule has 220 valence electrons. The van der Waals surface area contributed by atoms with Crippen LogP contribution >= 0.6 is 0 Å². The van der Waals surface area contributed by atoms with E-state index in [-0.39, 0.29) is 24.6 Å². The van der Waals surface area contributed by atoms with Crippen LogP contribution in [0.15, 0.2) is 106 Å². The maximum absolute atomic E-state index is 14.3. The first kappa shape index (κ1) is 28.7. The van der Waals surface area contributed by atoms with E-state index in [1.807, 2.05) is 125 Å². The van der Waals surface area contributed by atoms with Crippen LogP contribution in [0.1, 0.15) is 50.0 Å². The summed E-state index contributed by atoms with van der Waals surface area (Å²) < 4.78 is 23.9. The Morgan fingerprint density at radius 2 is 1.00 bits per heavy atom. The zero-order valence-electron chi connectivity index (χ0n) is 25.1. The molecule has 7 heteroatoms. The summed E-state index contributed by atoms with van der Waals surface area (Å²) in [6.45, 7) is 8.17. The maximum Gasteiger partial charge on any atom is 0.238 e. The minimum atomic E-state index is -0.425. The van der Waals surface area contributed by atoms with Crippen molar-refractivity contribution in [2.75, 3.05) is 0 Å². The van der Waals surface area contributed by atoms with Crippen molar-refractivity contribution in [3.05, 3.63) is 142 Å². The summed E-state index contributed by atoms with van der Waals surface area (Å²) >= 11 is 0. The van der Waals surface area contributed by atoms with Crippen molar-refractivity contribution in [2.24, 2.45) is 0 Å². The first-order chi connectivity index (χ1) is 21.4. The monoisotopic (exact) mass is 584 g/mol. The quantitative estimate of drug-likeness (QED) is 0.149. The molecule has 0 fully saturated rings. The van der Waals surface area contributed by atoms with E-state index in [1.54, 1.807) is 0 Å². The Labute approximate surface area is 256 Å². The van der Waals surface area contributed by atoms with Crippen LogP contribution in [0.3, 0.4) is 0 Å². The van der Waals surface area contributed by atoms with Crippen molar-refractivity contribution < 1.29 is 23.3 Å². The smallest absolute Gasteiger partial charge is 0.238 e. The molecule has 0 aliphatic heterocycles. The third kappa shape index (κ3) is 5.90. The molecule has 0 aliphatic carbocycles. The number of rotatable bonds is 10. The molecule has 0 saturated carbocycles. The van der Waals surface area contributed by atoms with E-state index in [1.165, 1.54) is 0 Å². The fourth-order valence-electron chi connectivity index (χ4n) is 5.08. The molecule has 0 unspecified atom stereocenters. The molecule has 0 saturated heterocycles. The Morgan fingerprint density at radius 3 is 1.41 bits per heavy atom. The van der Waals surface area contributed by atoms with Gasteiger partial charge in [0, 0.05) is 0 Å². The number of aromatic nitrogens is 2. The van der Waals surface area contributed by atoms with Crippen LogP contribution in [-0.2, 0) is 13.2 Å². The third-order valence-corrected chi connectivity index (χ3v) is 7.49. The highest BCUT2D eigenvalue weighted by molar-refractivity contribution is 6.14. The van der Waals surface area contributed by atoms with E-state index in [9.17, 15) is 4.79 Å². The van der Waals surface area contributed by atoms with E-state index in [2.05, 4.69) is 10.3 Å². The average Bonchev–Trinajstić information content (AvgIpc) is 3.67. The molecular weight excluding hydrogens is 552 g/mol. The van der Waals surface area contributed by atoms with Gasteiger partial charge in [-0.15, -0.1) is 0 Å². The van der Waals surface area contributed by atoms with E-state index >= 15 is 0 Å². The molecule has 2 heterocycles. The highest BCUT2D eigenvalue weighted by Crippen LogP contribution is 2.35. The van der Waals surface area contributed by atoms with Crippen molar-refractivity contribution in [3.8, 4) is 33.8 Å². The van der Waals surface area contributed by atoms with Crippen LogP contribution < -0.4 is 9.47 Å². The lowest BCUT2D eigenvalue weighted by molar-refractivity contribution is 0.102. The maximum atomic E-state index is 14.3.